The second kappa shape index (κ2) is 5.25. The molecule has 0 amide bonds. The summed E-state index contributed by atoms with van der Waals surface area (Å²) in [5, 5.41) is 10.1. The van der Waals surface area contributed by atoms with Crippen LogP contribution in [0.25, 0.3) is 10.6 Å². The number of fused-ring (bicyclic) bond motifs is 1. The van der Waals surface area contributed by atoms with E-state index in [2.05, 4.69) is 4.98 Å². The third-order valence-corrected chi connectivity index (χ3v) is 4.60. The fraction of sp³-hybridized carbons (Fsp3) is 0.333. The van der Waals surface area contributed by atoms with Crippen LogP contribution in [-0.2, 0) is 11.2 Å². The van der Waals surface area contributed by atoms with Crippen LogP contribution >= 0.6 is 11.3 Å². The van der Waals surface area contributed by atoms with Gasteiger partial charge in [0.25, 0.3) is 0 Å². The van der Waals surface area contributed by atoms with Crippen molar-refractivity contribution >= 4 is 17.3 Å². The minimum atomic E-state index is -0.779. The molecule has 0 saturated heterocycles. The number of aromatic nitrogens is 1. The number of rotatable bonds is 4. The van der Waals surface area contributed by atoms with Crippen molar-refractivity contribution in [3.05, 3.63) is 34.8 Å². The first-order chi connectivity index (χ1) is 9.70. The second-order valence-electron chi connectivity index (χ2n) is 4.69. The van der Waals surface area contributed by atoms with E-state index in [-0.39, 0.29) is 0 Å². The predicted octanol–water partition coefficient (Wildman–Crippen LogP) is 3.32. The lowest BCUT2D eigenvalue weighted by Gasteiger charge is -2.07. The lowest BCUT2D eigenvalue weighted by atomic mass is 10.1. The van der Waals surface area contributed by atoms with Crippen LogP contribution in [-0.4, -0.2) is 22.7 Å². The van der Waals surface area contributed by atoms with Crippen molar-refractivity contribution in [2.75, 3.05) is 6.61 Å². The standard InChI is InChI=1S/C15H15NO3S/c1-2-19-11-6-4-3-5-9(11)14-16-13-10(15(17)18)7-8-12(13)20-14/h3-6,10H,2,7-8H2,1H3,(H,17,18). The van der Waals surface area contributed by atoms with Crippen molar-refractivity contribution in [3.63, 3.8) is 0 Å². The summed E-state index contributed by atoms with van der Waals surface area (Å²) >= 11 is 1.58. The number of ether oxygens (including phenoxy) is 1. The molecule has 1 atom stereocenters. The molecule has 0 fully saturated rings. The number of carboxylic acids is 1. The van der Waals surface area contributed by atoms with Gasteiger partial charge in [-0.15, -0.1) is 11.3 Å². The number of carbonyl (C=O) groups is 1. The fourth-order valence-corrected chi connectivity index (χ4v) is 3.68. The zero-order chi connectivity index (χ0) is 14.1. The van der Waals surface area contributed by atoms with Gasteiger partial charge < -0.3 is 9.84 Å². The van der Waals surface area contributed by atoms with Gasteiger partial charge in [-0.3, -0.25) is 4.79 Å². The maximum Gasteiger partial charge on any atom is 0.312 e. The molecule has 0 saturated carbocycles. The summed E-state index contributed by atoms with van der Waals surface area (Å²) in [7, 11) is 0. The predicted molar refractivity (Wildman–Crippen MR) is 77.4 cm³/mol. The van der Waals surface area contributed by atoms with E-state index in [1.807, 2.05) is 31.2 Å². The van der Waals surface area contributed by atoms with Crippen LogP contribution in [0.4, 0.5) is 0 Å². The fourth-order valence-electron chi connectivity index (χ4n) is 2.51. The summed E-state index contributed by atoms with van der Waals surface area (Å²) in [6.45, 7) is 2.54. The van der Waals surface area contributed by atoms with Crippen molar-refractivity contribution in [1.82, 2.24) is 4.98 Å². The zero-order valence-corrected chi connectivity index (χ0v) is 11.9. The Bertz CT molecular complexity index is 650. The van der Waals surface area contributed by atoms with E-state index < -0.39 is 11.9 Å². The Labute approximate surface area is 121 Å². The molecule has 1 heterocycles. The molecule has 20 heavy (non-hydrogen) atoms. The second-order valence-corrected chi connectivity index (χ2v) is 5.77. The summed E-state index contributed by atoms with van der Waals surface area (Å²) in [4.78, 5) is 16.9. The monoisotopic (exact) mass is 289 g/mol. The number of carboxylic acid groups (broad SMARTS) is 1. The van der Waals surface area contributed by atoms with E-state index in [9.17, 15) is 9.90 Å². The van der Waals surface area contributed by atoms with Crippen LogP contribution in [0.1, 0.15) is 29.8 Å². The average molecular weight is 289 g/mol. The maximum atomic E-state index is 11.2. The van der Waals surface area contributed by atoms with Gasteiger partial charge in [-0.05, 0) is 31.9 Å². The van der Waals surface area contributed by atoms with E-state index in [0.717, 1.165) is 33.3 Å². The first-order valence-electron chi connectivity index (χ1n) is 6.65. The van der Waals surface area contributed by atoms with E-state index in [1.54, 1.807) is 11.3 Å². The molecule has 0 spiro atoms. The molecule has 1 aromatic heterocycles. The number of hydrogen-bond donors (Lipinski definition) is 1. The Kier molecular flexibility index (Phi) is 3.44. The molecular weight excluding hydrogens is 274 g/mol. The SMILES string of the molecule is CCOc1ccccc1-c1nc2c(s1)CCC2C(=O)O. The van der Waals surface area contributed by atoms with Crippen molar-refractivity contribution in [1.29, 1.82) is 0 Å². The van der Waals surface area contributed by atoms with Crippen LogP contribution in [0.15, 0.2) is 24.3 Å². The highest BCUT2D eigenvalue weighted by Crippen LogP contribution is 2.41. The summed E-state index contributed by atoms with van der Waals surface area (Å²) in [5.74, 6) is -0.428. The molecule has 0 radical (unpaired) electrons. The van der Waals surface area contributed by atoms with Crippen LogP contribution in [0.3, 0.4) is 0 Å². The van der Waals surface area contributed by atoms with E-state index in [4.69, 9.17) is 4.74 Å². The molecule has 2 aromatic rings. The van der Waals surface area contributed by atoms with Gasteiger partial charge in [-0.2, -0.15) is 0 Å². The maximum absolute atomic E-state index is 11.2. The van der Waals surface area contributed by atoms with Gasteiger partial charge in [0.2, 0.25) is 0 Å². The molecular formula is C15H15NO3S. The van der Waals surface area contributed by atoms with Gasteiger partial charge in [0.05, 0.1) is 17.9 Å². The number of hydrogen-bond acceptors (Lipinski definition) is 4. The summed E-state index contributed by atoms with van der Waals surface area (Å²) in [5.41, 5.74) is 1.68. The molecule has 1 unspecified atom stereocenters. The highest BCUT2D eigenvalue weighted by atomic mass is 32.1. The molecule has 5 heteroatoms. The van der Waals surface area contributed by atoms with Gasteiger partial charge in [0, 0.05) is 4.88 Å². The summed E-state index contributed by atoms with van der Waals surface area (Å²) < 4.78 is 5.62. The number of nitrogens with zero attached hydrogens (tertiary/aromatic N) is 1. The summed E-state index contributed by atoms with van der Waals surface area (Å²) in [6, 6.07) is 7.75. The highest BCUT2D eigenvalue weighted by molar-refractivity contribution is 7.15. The molecule has 1 aromatic carbocycles. The number of aliphatic carboxylic acids is 1. The lowest BCUT2D eigenvalue weighted by molar-refractivity contribution is -0.138. The number of thiazole rings is 1. The Morgan fingerprint density at radius 1 is 1.50 bits per heavy atom. The van der Waals surface area contributed by atoms with Gasteiger partial charge in [0.1, 0.15) is 16.7 Å². The van der Waals surface area contributed by atoms with Gasteiger partial charge in [-0.1, -0.05) is 12.1 Å². The number of benzene rings is 1. The smallest absolute Gasteiger partial charge is 0.312 e. The Hall–Kier alpha value is -1.88. The van der Waals surface area contributed by atoms with Crippen LogP contribution in [0, 0.1) is 0 Å². The number of para-hydroxylation sites is 1. The highest BCUT2D eigenvalue weighted by Gasteiger charge is 2.32. The average Bonchev–Trinajstić information content (AvgIpc) is 2.99. The molecule has 0 bridgehead atoms. The van der Waals surface area contributed by atoms with E-state index in [0.29, 0.717) is 13.0 Å². The van der Waals surface area contributed by atoms with Gasteiger partial charge in [0.15, 0.2) is 0 Å². The first-order valence-corrected chi connectivity index (χ1v) is 7.47. The molecule has 1 N–H and O–H groups in total. The van der Waals surface area contributed by atoms with Crippen LogP contribution in [0.2, 0.25) is 0 Å². The quantitative estimate of drug-likeness (QED) is 0.938. The van der Waals surface area contributed by atoms with Crippen molar-refractivity contribution in [3.8, 4) is 16.3 Å². The molecule has 0 aliphatic heterocycles. The topological polar surface area (TPSA) is 59.4 Å². The molecule has 4 nitrogen and oxygen atoms in total. The summed E-state index contributed by atoms with van der Waals surface area (Å²) in [6.07, 6.45) is 1.47. The molecule has 1 aliphatic rings. The van der Waals surface area contributed by atoms with Crippen molar-refractivity contribution < 1.29 is 14.6 Å². The number of aryl methyl sites for hydroxylation is 1. The van der Waals surface area contributed by atoms with Crippen LogP contribution in [0.5, 0.6) is 5.75 Å². The Morgan fingerprint density at radius 3 is 3.05 bits per heavy atom. The zero-order valence-electron chi connectivity index (χ0n) is 11.1. The third kappa shape index (κ3) is 2.18. The molecule has 3 rings (SSSR count). The van der Waals surface area contributed by atoms with E-state index in [1.165, 1.54) is 0 Å². The first kappa shape index (κ1) is 13.1. The lowest BCUT2D eigenvalue weighted by Crippen LogP contribution is -2.08. The third-order valence-electron chi connectivity index (χ3n) is 3.43. The molecule has 1 aliphatic carbocycles. The van der Waals surface area contributed by atoms with E-state index >= 15 is 0 Å². The van der Waals surface area contributed by atoms with Crippen molar-refractivity contribution in [2.45, 2.75) is 25.7 Å². The van der Waals surface area contributed by atoms with Crippen molar-refractivity contribution in [2.24, 2.45) is 0 Å². The van der Waals surface area contributed by atoms with Gasteiger partial charge in [-0.25, -0.2) is 4.98 Å². The van der Waals surface area contributed by atoms with Gasteiger partial charge >= 0.3 is 5.97 Å². The minimum Gasteiger partial charge on any atom is -0.493 e. The minimum absolute atomic E-state index is 0.450. The van der Waals surface area contributed by atoms with Crippen LogP contribution < -0.4 is 4.74 Å². The largest absolute Gasteiger partial charge is 0.493 e. The Balaban J connectivity index is 2.01. The Morgan fingerprint density at radius 2 is 2.30 bits per heavy atom. The normalized spacial score (nSPS) is 16.9. The molecule has 104 valence electrons.